The summed E-state index contributed by atoms with van der Waals surface area (Å²) in [6.45, 7) is 3.24. The van der Waals surface area contributed by atoms with Gasteiger partial charge in [-0.15, -0.1) is 0 Å². The van der Waals surface area contributed by atoms with Gasteiger partial charge in [-0.25, -0.2) is 13.4 Å². The van der Waals surface area contributed by atoms with E-state index >= 15 is 0 Å². The van der Waals surface area contributed by atoms with E-state index in [0.717, 1.165) is 45.3 Å². The Balaban J connectivity index is 1.63. The van der Waals surface area contributed by atoms with Crippen LogP contribution in [-0.4, -0.2) is 30.8 Å². The van der Waals surface area contributed by atoms with E-state index < -0.39 is 10.0 Å². The fourth-order valence-corrected chi connectivity index (χ4v) is 5.08. The summed E-state index contributed by atoms with van der Waals surface area (Å²) in [6.07, 6.45) is 1.86. The van der Waals surface area contributed by atoms with Crippen molar-refractivity contribution < 1.29 is 8.42 Å². The number of hydrogen-bond donors (Lipinski definition) is 1. The molecule has 1 aliphatic heterocycles. The summed E-state index contributed by atoms with van der Waals surface area (Å²) in [6, 6.07) is 14.9. The van der Waals surface area contributed by atoms with E-state index in [4.69, 9.17) is 0 Å². The molecule has 1 fully saturated rings. The third-order valence-corrected chi connectivity index (χ3v) is 7.58. The Hall–Kier alpha value is -1.96. The number of sulfonamides is 1. The average Bonchev–Trinajstić information content (AvgIpc) is 3.20. The van der Waals surface area contributed by atoms with Crippen LogP contribution in [0.4, 0.5) is 11.5 Å². The van der Waals surface area contributed by atoms with Crippen molar-refractivity contribution in [3.05, 3.63) is 58.6 Å². The molecule has 7 heteroatoms. The molecule has 4 rings (SSSR count). The maximum absolute atomic E-state index is 12.7. The van der Waals surface area contributed by atoms with Crippen LogP contribution in [0.15, 0.2) is 57.9 Å². The molecule has 2 aromatic carbocycles. The molecule has 1 aliphatic rings. The molecule has 1 N–H and O–H groups in total. The predicted octanol–water partition coefficient (Wildman–Crippen LogP) is 4.83. The molecular weight excluding hydrogens is 426 g/mol. The van der Waals surface area contributed by atoms with Crippen molar-refractivity contribution in [3.8, 4) is 0 Å². The Morgan fingerprint density at radius 1 is 1.04 bits per heavy atom. The molecule has 2 heterocycles. The number of aromatic nitrogens is 1. The molecule has 0 unspecified atom stereocenters. The SMILES string of the molecule is Cc1cc(Nc2ccc3cc(S(=O)(=O)N4CCCC4)ccc3n2)ccc1Br. The van der Waals surface area contributed by atoms with Crippen molar-refractivity contribution in [1.29, 1.82) is 0 Å². The number of pyridine rings is 1. The van der Waals surface area contributed by atoms with Crippen molar-refractivity contribution in [3.63, 3.8) is 0 Å². The maximum atomic E-state index is 12.7. The number of fused-ring (bicyclic) bond motifs is 1. The third-order valence-electron chi connectivity index (χ3n) is 4.79. The van der Waals surface area contributed by atoms with Gasteiger partial charge in [0.05, 0.1) is 10.4 Å². The van der Waals surface area contributed by atoms with Gasteiger partial charge >= 0.3 is 0 Å². The Labute approximate surface area is 167 Å². The van der Waals surface area contributed by atoms with Crippen molar-refractivity contribution in [1.82, 2.24) is 9.29 Å². The molecule has 1 saturated heterocycles. The largest absolute Gasteiger partial charge is 0.340 e. The Morgan fingerprint density at radius 3 is 2.56 bits per heavy atom. The number of aryl methyl sites for hydroxylation is 1. The zero-order valence-corrected chi connectivity index (χ0v) is 17.3. The van der Waals surface area contributed by atoms with Crippen LogP contribution >= 0.6 is 15.9 Å². The Bertz CT molecular complexity index is 1110. The van der Waals surface area contributed by atoms with Gasteiger partial charge in [-0.05, 0) is 73.9 Å². The van der Waals surface area contributed by atoms with E-state index in [1.54, 1.807) is 22.5 Å². The number of benzene rings is 2. The van der Waals surface area contributed by atoms with Gasteiger partial charge in [-0.3, -0.25) is 0 Å². The average molecular weight is 446 g/mol. The zero-order valence-electron chi connectivity index (χ0n) is 14.9. The normalized spacial score (nSPS) is 15.3. The van der Waals surface area contributed by atoms with Crippen LogP contribution in [0.25, 0.3) is 10.9 Å². The monoisotopic (exact) mass is 445 g/mol. The number of rotatable bonds is 4. The van der Waals surface area contributed by atoms with Gasteiger partial charge in [-0.1, -0.05) is 15.9 Å². The summed E-state index contributed by atoms with van der Waals surface area (Å²) in [5.41, 5.74) is 2.85. The lowest BCUT2D eigenvalue weighted by molar-refractivity contribution is 0.477. The van der Waals surface area contributed by atoms with Gasteiger partial charge in [0.2, 0.25) is 10.0 Å². The lowest BCUT2D eigenvalue weighted by Crippen LogP contribution is -2.27. The summed E-state index contributed by atoms with van der Waals surface area (Å²) in [7, 11) is -3.41. The molecule has 0 atom stereocenters. The molecule has 0 spiro atoms. The second-order valence-electron chi connectivity index (χ2n) is 6.75. The van der Waals surface area contributed by atoms with E-state index in [1.807, 2.05) is 37.3 Å². The summed E-state index contributed by atoms with van der Waals surface area (Å²) >= 11 is 3.50. The van der Waals surface area contributed by atoms with Gasteiger partial charge in [0.1, 0.15) is 5.82 Å². The highest BCUT2D eigenvalue weighted by Gasteiger charge is 2.27. The molecule has 5 nitrogen and oxygen atoms in total. The van der Waals surface area contributed by atoms with Crippen molar-refractivity contribution in [2.45, 2.75) is 24.7 Å². The molecule has 3 aromatic rings. The summed E-state index contributed by atoms with van der Waals surface area (Å²) in [5, 5.41) is 4.11. The highest BCUT2D eigenvalue weighted by atomic mass is 79.9. The first-order valence-corrected chi connectivity index (χ1v) is 11.1. The van der Waals surface area contributed by atoms with Gasteiger partial charge in [0, 0.05) is 28.6 Å². The second-order valence-corrected chi connectivity index (χ2v) is 9.54. The van der Waals surface area contributed by atoms with Crippen LogP contribution in [0, 0.1) is 6.92 Å². The summed E-state index contributed by atoms with van der Waals surface area (Å²) in [5.74, 6) is 0.722. The second kappa shape index (κ2) is 7.22. The first kappa shape index (κ1) is 18.4. The van der Waals surface area contributed by atoms with E-state index in [-0.39, 0.29) is 0 Å². The van der Waals surface area contributed by atoms with E-state index in [9.17, 15) is 8.42 Å². The van der Waals surface area contributed by atoms with Crippen LogP contribution in [0.1, 0.15) is 18.4 Å². The van der Waals surface area contributed by atoms with E-state index in [0.29, 0.717) is 18.0 Å². The minimum absolute atomic E-state index is 0.336. The molecule has 1 aromatic heterocycles. The number of anilines is 2. The third kappa shape index (κ3) is 3.72. The molecule has 0 amide bonds. The minimum atomic E-state index is -3.41. The topological polar surface area (TPSA) is 62.3 Å². The molecule has 140 valence electrons. The quantitative estimate of drug-likeness (QED) is 0.624. The summed E-state index contributed by atoms with van der Waals surface area (Å²) < 4.78 is 28.1. The predicted molar refractivity (Wildman–Crippen MR) is 112 cm³/mol. The first-order valence-electron chi connectivity index (χ1n) is 8.88. The molecule has 0 radical (unpaired) electrons. The molecule has 27 heavy (non-hydrogen) atoms. The fraction of sp³-hybridized carbons (Fsp3) is 0.250. The van der Waals surface area contributed by atoms with E-state index in [1.165, 1.54) is 0 Å². The Kier molecular flexibility index (Phi) is 4.92. The van der Waals surface area contributed by atoms with Crippen molar-refractivity contribution >= 4 is 48.4 Å². The number of halogens is 1. The van der Waals surface area contributed by atoms with Crippen LogP contribution in [0.2, 0.25) is 0 Å². The van der Waals surface area contributed by atoms with Crippen LogP contribution in [0.3, 0.4) is 0 Å². The van der Waals surface area contributed by atoms with Crippen molar-refractivity contribution in [2.75, 3.05) is 18.4 Å². The lowest BCUT2D eigenvalue weighted by Gasteiger charge is -2.16. The van der Waals surface area contributed by atoms with Crippen LogP contribution < -0.4 is 5.32 Å². The first-order chi connectivity index (χ1) is 12.9. The minimum Gasteiger partial charge on any atom is -0.340 e. The summed E-state index contributed by atoms with van der Waals surface area (Å²) in [4.78, 5) is 4.95. The molecule has 0 aliphatic carbocycles. The highest BCUT2D eigenvalue weighted by Crippen LogP contribution is 2.26. The molecule has 0 saturated carbocycles. The van der Waals surface area contributed by atoms with E-state index in [2.05, 4.69) is 26.2 Å². The smallest absolute Gasteiger partial charge is 0.243 e. The van der Waals surface area contributed by atoms with Crippen molar-refractivity contribution in [2.24, 2.45) is 0 Å². The standard InChI is InChI=1S/C20H20BrN3O2S/c1-14-12-16(5-7-18(14)21)22-20-9-4-15-13-17(6-8-19(15)23-20)27(25,26)24-10-2-3-11-24/h4-9,12-13H,2-3,10-11H2,1H3,(H,22,23). The zero-order chi connectivity index (χ0) is 19.0. The molecule has 0 bridgehead atoms. The van der Waals surface area contributed by atoms with Gasteiger partial charge in [0.25, 0.3) is 0 Å². The number of nitrogens with zero attached hydrogens (tertiary/aromatic N) is 2. The Morgan fingerprint density at radius 2 is 1.81 bits per heavy atom. The number of nitrogens with one attached hydrogen (secondary N) is 1. The van der Waals surface area contributed by atoms with Gasteiger partial charge in [0.15, 0.2) is 0 Å². The van der Waals surface area contributed by atoms with Gasteiger partial charge < -0.3 is 5.32 Å². The van der Waals surface area contributed by atoms with Gasteiger partial charge in [-0.2, -0.15) is 4.31 Å². The lowest BCUT2D eigenvalue weighted by atomic mass is 10.2. The maximum Gasteiger partial charge on any atom is 0.243 e. The van der Waals surface area contributed by atoms with Crippen LogP contribution in [-0.2, 0) is 10.0 Å². The number of hydrogen-bond acceptors (Lipinski definition) is 4. The fourth-order valence-electron chi connectivity index (χ4n) is 3.28. The van der Waals surface area contributed by atoms with Crippen LogP contribution in [0.5, 0.6) is 0 Å². The highest BCUT2D eigenvalue weighted by molar-refractivity contribution is 9.10. The molecular formula is C20H20BrN3O2S.